The van der Waals surface area contributed by atoms with Gasteiger partial charge in [0, 0.05) is 25.6 Å². The first kappa shape index (κ1) is 21.6. The number of carbonyl (C=O) groups is 2. The van der Waals surface area contributed by atoms with Crippen molar-refractivity contribution in [2.45, 2.75) is 57.3 Å². The third-order valence-electron chi connectivity index (χ3n) is 5.42. The third-order valence-corrected chi connectivity index (χ3v) is 5.42. The molecule has 2 fully saturated rings. The lowest BCUT2D eigenvalue weighted by Gasteiger charge is -2.36. The molecule has 2 aliphatic rings. The maximum absolute atomic E-state index is 13.6. The minimum Gasteiger partial charge on any atom is -0.370 e. The van der Waals surface area contributed by atoms with Crippen LogP contribution in [-0.4, -0.2) is 55.0 Å². The molecule has 0 spiro atoms. The molecule has 0 bridgehead atoms. The van der Waals surface area contributed by atoms with Gasteiger partial charge in [-0.3, -0.25) is 14.5 Å². The summed E-state index contributed by atoms with van der Waals surface area (Å²) in [6, 6.07) is 3.20. The van der Waals surface area contributed by atoms with Crippen molar-refractivity contribution in [3.63, 3.8) is 0 Å². The van der Waals surface area contributed by atoms with Crippen LogP contribution in [0.2, 0.25) is 0 Å². The molecule has 0 aliphatic carbocycles. The maximum atomic E-state index is 13.6. The third kappa shape index (κ3) is 6.75. The van der Waals surface area contributed by atoms with Gasteiger partial charge in [-0.15, -0.1) is 0 Å². The molecule has 8 heteroatoms. The fraction of sp³-hybridized carbons (Fsp3) is 0.619. The van der Waals surface area contributed by atoms with E-state index in [1.54, 1.807) is 0 Å². The summed E-state index contributed by atoms with van der Waals surface area (Å²) < 4.78 is 33.3. The average molecular weight is 409 g/mol. The number of carbonyl (C=O) groups excluding carboxylic acids is 2. The van der Waals surface area contributed by atoms with Gasteiger partial charge in [-0.1, -0.05) is 0 Å². The van der Waals surface area contributed by atoms with Crippen LogP contribution in [0.15, 0.2) is 18.2 Å². The van der Waals surface area contributed by atoms with E-state index in [2.05, 4.69) is 15.5 Å². The van der Waals surface area contributed by atoms with Gasteiger partial charge in [0.05, 0.1) is 18.8 Å². The molecule has 6 nitrogen and oxygen atoms in total. The number of likely N-dealkylation sites (tertiary alicyclic amines) is 1. The second kappa shape index (κ2) is 10.1. The minimum atomic E-state index is -0.657. The van der Waals surface area contributed by atoms with Gasteiger partial charge in [-0.05, 0) is 62.9 Å². The molecule has 0 radical (unpaired) electrons. The van der Waals surface area contributed by atoms with Crippen molar-refractivity contribution < 1.29 is 23.1 Å². The molecule has 3 atom stereocenters. The Balaban J connectivity index is 1.56. The molecule has 2 heterocycles. The highest BCUT2D eigenvalue weighted by Crippen LogP contribution is 2.33. The van der Waals surface area contributed by atoms with E-state index in [1.165, 1.54) is 19.1 Å². The molecule has 2 aliphatic heterocycles. The molecule has 1 aromatic carbocycles. The van der Waals surface area contributed by atoms with Crippen molar-refractivity contribution in [3.8, 4) is 0 Å². The van der Waals surface area contributed by atoms with E-state index in [1.807, 2.05) is 0 Å². The van der Waals surface area contributed by atoms with Crippen molar-refractivity contribution in [3.05, 3.63) is 35.4 Å². The Morgan fingerprint density at radius 2 is 1.83 bits per heavy atom. The van der Waals surface area contributed by atoms with E-state index < -0.39 is 17.7 Å². The predicted molar refractivity (Wildman–Crippen MR) is 104 cm³/mol. The lowest BCUT2D eigenvalue weighted by molar-refractivity contribution is -0.122. The summed E-state index contributed by atoms with van der Waals surface area (Å²) in [6.07, 6.45) is 3.12. The van der Waals surface area contributed by atoms with Gasteiger partial charge in [0.2, 0.25) is 11.8 Å². The predicted octanol–water partition coefficient (Wildman–Crippen LogP) is 2.29. The summed E-state index contributed by atoms with van der Waals surface area (Å²) in [7, 11) is 0. The van der Waals surface area contributed by atoms with Gasteiger partial charge in [-0.2, -0.15) is 0 Å². The van der Waals surface area contributed by atoms with E-state index in [0.29, 0.717) is 37.9 Å². The number of rotatable bonds is 7. The molecule has 2 saturated heterocycles. The van der Waals surface area contributed by atoms with Crippen LogP contribution < -0.4 is 10.6 Å². The average Bonchev–Trinajstić information content (AvgIpc) is 3.13. The van der Waals surface area contributed by atoms with E-state index in [-0.39, 0.29) is 24.0 Å². The number of hydrogen-bond donors (Lipinski definition) is 2. The number of ether oxygens (including phenoxy) is 1. The molecule has 0 aromatic heterocycles. The fourth-order valence-corrected chi connectivity index (χ4v) is 4.15. The van der Waals surface area contributed by atoms with E-state index in [4.69, 9.17) is 4.74 Å². The lowest BCUT2D eigenvalue weighted by atomic mass is 9.92. The van der Waals surface area contributed by atoms with Crippen LogP contribution >= 0.6 is 0 Å². The van der Waals surface area contributed by atoms with Crippen molar-refractivity contribution in [1.82, 2.24) is 15.5 Å². The topological polar surface area (TPSA) is 70.7 Å². The van der Waals surface area contributed by atoms with E-state index in [9.17, 15) is 18.4 Å². The second-order valence-electron chi connectivity index (χ2n) is 7.94. The lowest BCUT2D eigenvalue weighted by Crippen LogP contribution is -2.43. The standard InChI is InChI=1S/C21H29F2N3O3/c1-14(27)25-18-11-19(4-5-24-21(28)13-26-6-2-3-7-26)29-20(12-18)15-8-16(22)10-17(23)9-15/h8-10,18-20H,2-7,11-13H2,1H3,(H,24,28)(H,25,27)/t18-,19+,20+/m0/s1. The highest BCUT2D eigenvalue weighted by molar-refractivity contribution is 5.78. The number of nitrogens with zero attached hydrogens (tertiary/aromatic N) is 1. The Morgan fingerprint density at radius 1 is 1.14 bits per heavy atom. The largest absolute Gasteiger partial charge is 0.370 e. The number of amides is 2. The van der Waals surface area contributed by atoms with Gasteiger partial charge in [0.15, 0.2) is 0 Å². The van der Waals surface area contributed by atoms with Gasteiger partial charge < -0.3 is 15.4 Å². The monoisotopic (exact) mass is 409 g/mol. The summed E-state index contributed by atoms with van der Waals surface area (Å²) in [5.74, 6) is -1.48. The number of nitrogens with one attached hydrogen (secondary N) is 2. The zero-order valence-corrected chi connectivity index (χ0v) is 16.8. The zero-order chi connectivity index (χ0) is 20.8. The molecule has 160 valence electrons. The Labute approximate surface area is 170 Å². The summed E-state index contributed by atoms with van der Waals surface area (Å²) >= 11 is 0. The second-order valence-corrected chi connectivity index (χ2v) is 7.94. The summed E-state index contributed by atoms with van der Waals surface area (Å²) in [6.45, 7) is 4.23. The van der Waals surface area contributed by atoms with Gasteiger partial charge in [0.25, 0.3) is 0 Å². The van der Waals surface area contributed by atoms with Gasteiger partial charge in [0.1, 0.15) is 11.6 Å². The Kier molecular flexibility index (Phi) is 7.55. The zero-order valence-electron chi connectivity index (χ0n) is 16.8. The number of hydrogen-bond acceptors (Lipinski definition) is 4. The Hall–Kier alpha value is -2.06. The highest BCUT2D eigenvalue weighted by atomic mass is 19.1. The maximum Gasteiger partial charge on any atom is 0.234 e. The molecular formula is C21H29F2N3O3. The van der Waals surface area contributed by atoms with Gasteiger partial charge >= 0.3 is 0 Å². The smallest absolute Gasteiger partial charge is 0.234 e. The molecule has 0 unspecified atom stereocenters. The number of benzene rings is 1. The molecule has 3 rings (SSSR count). The first-order chi connectivity index (χ1) is 13.9. The SMILES string of the molecule is CC(=O)N[C@H]1C[C@@H](CCNC(=O)CN2CCCC2)O[C@@H](c2cc(F)cc(F)c2)C1. The summed E-state index contributed by atoms with van der Waals surface area (Å²) in [4.78, 5) is 25.7. The number of halogens is 2. The Bertz CT molecular complexity index is 705. The van der Waals surface area contributed by atoms with Crippen molar-refractivity contribution in [2.24, 2.45) is 0 Å². The van der Waals surface area contributed by atoms with Crippen molar-refractivity contribution >= 4 is 11.8 Å². The Morgan fingerprint density at radius 3 is 2.48 bits per heavy atom. The van der Waals surface area contributed by atoms with Crippen LogP contribution in [0.1, 0.15) is 50.7 Å². The molecular weight excluding hydrogens is 380 g/mol. The fourth-order valence-electron chi connectivity index (χ4n) is 4.15. The van der Waals surface area contributed by atoms with Crippen LogP contribution in [0, 0.1) is 11.6 Å². The van der Waals surface area contributed by atoms with Crippen molar-refractivity contribution in [1.29, 1.82) is 0 Å². The first-order valence-electron chi connectivity index (χ1n) is 10.3. The molecule has 0 saturated carbocycles. The van der Waals surface area contributed by atoms with Crippen LogP contribution in [0.5, 0.6) is 0 Å². The normalized spacial score (nSPS) is 25.0. The molecule has 2 N–H and O–H groups in total. The summed E-state index contributed by atoms with van der Waals surface area (Å²) in [5.41, 5.74) is 0.417. The van der Waals surface area contributed by atoms with Crippen LogP contribution in [0.3, 0.4) is 0 Å². The molecule has 1 aromatic rings. The quantitative estimate of drug-likeness (QED) is 0.725. The highest BCUT2D eigenvalue weighted by Gasteiger charge is 2.31. The minimum absolute atomic E-state index is 0.00938. The van der Waals surface area contributed by atoms with Crippen LogP contribution in [0.25, 0.3) is 0 Å². The molecule has 29 heavy (non-hydrogen) atoms. The van der Waals surface area contributed by atoms with Crippen LogP contribution in [-0.2, 0) is 14.3 Å². The van der Waals surface area contributed by atoms with Crippen molar-refractivity contribution in [2.75, 3.05) is 26.2 Å². The summed E-state index contributed by atoms with van der Waals surface area (Å²) in [5, 5.41) is 5.81. The first-order valence-corrected chi connectivity index (χ1v) is 10.3. The van der Waals surface area contributed by atoms with Gasteiger partial charge in [-0.25, -0.2) is 8.78 Å². The molecule has 2 amide bonds. The van der Waals surface area contributed by atoms with E-state index >= 15 is 0 Å². The van der Waals surface area contributed by atoms with E-state index in [0.717, 1.165) is 32.0 Å². The van der Waals surface area contributed by atoms with Crippen LogP contribution in [0.4, 0.5) is 8.78 Å².